The van der Waals surface area contributed by atoms with Crippen LogP contribution < -0.4 is 4.90 Å². The van der Waals surface area contributed by atoms with Crippen LogP contribution in [0.5, 0.6) is 0 Å². The highest BCUT2D eigenvalue weighted by Crippen LogP contribution is 2.17. The highest BCUT2D eigenvalue weighted by Gasteiger charge is 2.23. The largest absolute Gasteiger partial charge is 0.352 e. The van der Waals surface area contributed by atoms with Crippen molar-refractivity contribution < 1.29 is 4.79 Å². The molecule has 8 heteroatoms. The van der Waals surface area contributed by atoms with Gasteiger partial charge in [-0.1, -0.05) is 0 Å². The van der Waals surface area contributed by atoms with Gasteiger partial charge in [-0.25, -0.2) is 0 Å². The molecule has 1 amide bonds. The molecule has 4 rings (SSSR count). The number of halogens is 1. The monoisotopic (exact) mass is 412 g/mol. The molecule has 26 heavy (non-hydrogen) atoms. The van der Waals surface area contributed by atoms with Crippen LogP contribution in [0, 0.1) is 0 Å². The van der Waals surface area contributed by atoms with E-state index < -0.39 is 0 Å². The van der Waals surface area contributed by atoms with Crippen LogP contribution in [0.4, 0.5) is 5.82 Å². The van der Waals surface area contributed by atoms with Crippen molar-refractivity contribution in [3.05, 3.63) is 65.2 Å². The van der Waals surface area contributed by atoms with Gasteiger partial charge in [0.05, 0.1) is 5.56 Å². The van der Waals surface area contributed by atoms with Crippen molar-refractivity contribution in [3.8, 4) is 5.82 Å². The van der Waals surface area contributed by atoms with Crippen LogP contribution in [0.1, 0.15) is 10.4 Å². The lowest BCUT2D eigenvalue weighted by Gasteiger charge is -2.35. The average molecular weight is 413 g/mol. The Morgan fingerprint density at radius 1 is 0.962 bits per heavy atom. The van der Waals surface area contributed by atoms with Gasteiger partial charge in [-0.2, -0.15) is 0 Å². The van der Waals surface area contributed by atoms with Gasteiger partial charge in [-0.05, 0) is 46.3 Å². The molecule has 0 aromatic carbocycles. The van der Waals surface area contributed by atoms with Gasteiger partial charge in [0.1, 0.15) is 0 Å². The summed E-state index contributed by atoms with van der Waals surface area (Å²) in [6, 6.07) is 9.62. The van der Waals surface area contributed by atoms with E-state index in [0.29, 0.717) is 18.7 Å². The summed E-state index contributed by atoms with van der Waals surface area (Å²) in [7, 11) is 0. The van der Waals surface area contributed by atoms with Crippen molar-refractivity contribution in [3.63, 3.8) is 0 Å². The molecule has 0 spiro atoms. The van der Waals surface area contributed by atoms with Gasteiger partial charge in [0, 0.05) is 55.4 Å². The van der Waals surface area contributed by atoms with E-state index in [0.717, 1.165) is 29.2 Å². The Morgan fingerprint density at radius 2 is 1.65 bits per heavy atom. The van der Waals surface area contributed by atoms with Crippen LogP contribution in [0.3, 0.4) is 0 Å². The number of rotatable bonds is 3. The third-order valence-electron chi connectivity index (χ3n) is 4.35. The first kappa shape index (κ1) is 16.7. The van der Waals surface area contributed by atoms with Gasteiger partial charge in [0.25, 0.3) is 5.91 Å². The molecule has 0 atom stereocenters. The zero-order valence-corrected chi connectivity index (χ0v) is 15.6. The van der Waals surface area contributed by atoms with Crippen molar-refractivity contribution >= 4 is 27.7 Å². The Hall–Kier alpha value is -2.74. The molecule has 0 radical (unpaired) electrons. The van der Waals surface area contributed by atoms with E-state index in [-0.39, 0.29) is 5.91 Å². The second kappa shape index (κ2) is 7.25. The topological polar surface area (TPSA) is 67.2 Å². The molecule has 7 nitrogen and oxygen atoms in total. The number of pyridine rings is 1. The minimum absolute atomic E-state index is 0.00694. The van der Waals surface area contributed by atoms with Crippen molar-refractivity contribution in [1.82, 2.24) is 24.6 Å². The molecule has 1 aliphatic rings. The molecule has 0 N–H and O–H groups in total. The van der Waals surface area contributed by atoms with E-state index in [1.165, 1.54) is 0 Å². The molecule has 0 unspecified atom stereocenters. The summed E-state index contributed by atoms with van der Waals surface area (Å²) in [4.78, 5) is 20.7. The lowest BCUT2D eigenvalue weighted by molar-refractivity contribution is 0.0746. The second-order valence-corrected chi connectivity index (χ2v) is 6.93. The van der Waals surface area contributed by atoms with Gasteiger partial charge in [0.15, 0.2) is 11.6 Å². The summed E-state index contributed by atoms with van der Waals surface area (Å²) < 4.78 is 2.72. The van der Waals surface area contributed by atoms with Crippen molar-refractivity contribution in [2.45, 2.75) is 0 Å². The van der Waals surface area contributed by atoms with Crippen molar-refractivity contribution in [2.24, 2.45) is 0 Å². The number of hydrogen-bond acceptors (Lipinski definition) is 5. The van der Waals surface area contributed by atoms with E-state index in [1.807, 2.05) is 46.1 Å². The van der Waals surface area contributed by atoms with Crippen LogP contribution in [0.25, 0.3) is 5.82 Å². The van der Waals surface area contributed by atoms with Crippen LogP contribution in [0.15, 0.2) is 59.6 Å². The van der Waals surface area contributed by atoms with Crippen molar-refractivity contribution in [1.29, 1.82) is 0 Å². The van der Waals surface area contributed by atoms with Gasteiger partial charge >= 0.3 is 0 Å². The number of anilines is 1. The standard InChI is InChI=1S/C18H17BrN6O/c19-15-11-14(12-20-13-15)18(26)25-9-7-24(8-10-25)17-4-3-16(21-22-17)23-5-1-2-6-23/h1-6,11-13H,7-10H2. The Kier molecular flexibility index (Phi) is 4.66. The molecule has 0 bridgehead atoms. The Bertz CT molecular complexity index is 888. The molecule has 3 aromatic rings. The molecule has 1 aliphatic heterocycles. The maximum atomic E-state index is 12.6. The van der Waals surface area contributed by atoms with Gasteiger partial charge < -0.3 is 14.4 Å². The number of aromatic nitrogens is 4. The predicted molar refractivity (Wildman–Crippen MR) is 101 cm³/mol. The Morgan fingerprint density at radius 3 is 2.31 bits per heavy atom. The summed E-state index contributed by atoms with van der Waals surface area (Å²) >= 11 is 3.36. The van der Waals surface area contributed by atoms with E-state index in [9.17, 15) is 4.79 Å². The zero-order valence-electron chi connectivity index (χ0n) is 14.0. The molecule has 4 heterocycles. The maximum Gasteiger partial charge on any atom is 0.255 e. The lowest BCUT2D eigenvalue weighted by atomic mass is 10.2. The zero-order chi connectivity index (χ0) is 17.9. The Balaban J connectivity index is 1.39. The molecular formula is C18H17BrN6O. The highest BCUT2D eigenvalue weighted by molar-refractivity contribution is 9.10. The van der Waals surface area contributed by atoms with Crippen LogP contribution in [-0.2, 0) is 0 Å². The van der Waals surface area contributed by atoms with E-state index >= 15 is 0 Å². The third kappa shape index (κ3) is 3.45. The minimum Gasteiger partial charge on any atom is -0.352 e. The van der Waals surface area contributed by atoms with Gasteiger partial charge in [0.2, 0.25) is 0 Å². The number of piperazine rings is 1. The summed E-state index contributed by atoms with van der Waals surface area (Å²) in [6.45, 7) is 2.74. The summed E-state index contributed by atoms with van der Waals surface area (Å²) in [5.74, 6) is 1.62. The first-order valence-electron chi connectivity index (χ1n) is 8.32. The van der Waals surface area contributed by atoms with Gasteiger partial charge in [-0.3, -0.25) is 9.78 Å². The smallest absolute Gasteiger partial charge is 0.255 e. The summed E-state index contributed by atoms with van der Waals surface area (Å²) in [5.41, 5.74) is 0.601. The first-order valence-corrected chi connectivity index (χ1v) is 9.12. The molecule has 1 fully saturated rings. The fraction of sp³-hybridized carbons (Fsp3) is 0.222. The molecule has 1 saturated heterocycles. The fourth-order valence-electron chi connectivity index (χ4n) is 2.96. The summed E-state index contributed by atoms with van der Waals surface area (Å²) in [5, 5.41) is 8.62. The number of carbonyl (C=O) groups excluding carboxylic acids is 1. The average Bonchev–Trinajstić information content (AvgIpc) is 3.23. The quantitative estimate of drug-likeness (QED) is 0.660. The molecule has 132 valence electrons. The molecule has 0 aliphatic carbocycles. The third-order valence-corrected chi connectivity index (χ3v) is 4.78. The normalized spacial score (nSPS) is 14.5. The second-order valence-electron chi connectivity index (χ2n) is 6.01. The number of nitrogens with zero attached hydrogens (tertiary/aromatic N) is 6. The highest BCUT2D eigenvalue weighted by atomic mass is 79.9. The van der Waals surface area contributed by atoms with Crippen LogP contribution in [0.2, 0.25) is 0 Å². The molecule has 3 aromatic heterocycles. The number of hydrogen-bond donors (Lipinski definition) is 0. The number of amides is 1. The van der Waals surface area contributed by atoms with E-state index in [1.54, 1.807) is 18.5 Å². The minimum atomic E-state index is 0.00694. The Labute approximate surface area is 159 Å². The maximum absolute atomic E-state index is 12.6. The predicted octanol–water partition coefficient (Wildman–Crippen LogP) is 2.39. The first-order chi connectivity index (χ1) is 12.7. The van der Waals surface area contributed by atoms with Crippen LogP contribution >= 0.6 is 15.9 Å². The number of carbonyl (C=O) groups is 1. The summed E-state index contributed by atoms with van der Waals surface area (Å²) in [6.07, 6.45) is 7.14. The molecular weight excluding hydrogens is 396 g/mol. The van der Waals surface area contributed by atoms with E-state index in [2.05, 4.69) is 36.0 Å². The fourth-order valence-corrected chi connectivity index (χ4v) is 3.33. The SMILES string of the molecule is O=C(c1cncc(Br)c1)N1CCN(c2ccc(-n3cccc3)nn2)CC1. The van der Waals surface area contributed by atoms with Gasteiger partial charge in [-0.15, -0.1) is 10.2 Å². The van der Waals surface area contributed by atoms with Crippen molar-refractivity contribution in [2.75, 3.05) is 31.1 Å². The van der Waals surface area contributed by atoms with Crippen LogP contribution in [-0.4, -0.2) is 56.7 Å². The molecule has 0 saturated carbocycles. The van der Waals surface area contributed by atoms with E-state index in [4.69, 9.17) is 0 Å². The lowest BCUT2D eigenvalue weighted by Crippen LogP contribution is -2.49.